The third kappa shape index (κ3) is 4.56. The second-order valence-corrected chi connectivity index (χ2v) is 6.07. The largest absolute Gasteiger partial charge is 0.492 e. The van der Waals surface area contributed by atoms with Gasteiger partial charge in [-0.05, 0) is 18.2 Å². The number of nitrogens with one attached hydrogen (secondary N) is 2. The van der Waals surface area contributed by atoms with Gasteiger partial charge < -0.3 is 10.5 Å². The van der Waals surface area contributed by atoms with E-state index in [0.717, 1.165) is 0 Å². The van der Waals surface area contributed by atoms with Crippen LogP contribution in [0.2, 0.25) is 0 Å². The standard InChI is InChI=1S/C12H16N4O3S/c13-10-2-1-3-12(8-10)19-6-7-20(17,18)15-9-11-4-5-14-16-11/h1-5,8,15H,6-7,9,13H2,(H,14,16). The number of hydrogen-bond donors (Lipinski definition) is 3. The minimum atomic E-state index is -3.39. The van der Waals surface area contributed by atoms with Crippen LogP contribution in [-0.4, -0.2) is 31.0 Å². The van der Waals surface area contributed by atoms with Crippen molar-refractivity contribution >= 4 is 15.7 Å². The maximum Gasteiger partial charge on any atom is 0.215 e. The molecule has 4 N–H and O–H groups in total. The Morgan fingerprint density at radius 3 is 2.90 bits per heavy atom. The van der Waals surface area contributed by atoms with Crippen LogP contribution in [0.1, 0.15) is 5.69 Å². The van der Waals surface area contributed by atoms with Crippen LogP contribution in [0.3, 0.4) is 0 Å². The number of hydrogen-bond acceptors (Lipinski definition) is 5. The molecule has 0 aliphatic carbocycles. The van der Waals surface area contributed by atoms with Crippen molar-refractivity contribution in [1.29, 1.82) is 0 Å². The molecule has 1 aromatic carbocycles. The van der Waals surface area contributed by atoms with E-state index in [9.17, 15) is 8.42 Å². The lowest BCUT2D eigenvalue weighted by molar-refractivity contribution is 0.340. The van der Waals surface area contributed by atoms with Crippen LogP contribution in [0, 0.1) is 0 Å². The number of sulfonamides is 1. The van der Waals surface area contributed by atoms with Crippen LogP contribution in [0.4, 0.5) is 5.69 Å². The van der Waals surface area contributed by atoms with Gasteiger partial charge in [-0.15, -0.1) is 0 Å². The summed E-state index contributed by atoms with van der Waals surface area (Å²) in [6.45, 7) is 0.238. The number of nitrogen functional groups attached to an aromatic ring is 1. The number of anilines is 1. The van der Waals surface area contributed by atoms with Gasteiger partial charge >= 0.3 is 0 Å². The summed E-state index contributed by atoms with van der Waals surface area (Å²) in [5, 5.41) is 6.41. The van der Waals surface area contributed by atoms with Crippen LogP contribution in [0.15, 0.2) is 36.5 Å². The van der Waals surface area contributed by atoms with Gasteiger partial charge in [-0.3, -0.25) is 5.10 Å². The molecule has 0 saturated carbocycles. The van der Waals surface area contributed by atoms with Crippen LogP contribution in [-0.2, 0) is 16.6 Å². The molecular weight excluding hydrogens is 280 g/mol. The summed E-state index contributed by atoms with van der Waals surface area (Å²) in [5.41, 5.74) is 6.87. The minimum Gasteiger partial charge on any atom is -0.492 e. The number of rotatable bonds is 7. The molecule has 7 nitrogen and oxygen atoms in total. The fraction of sp³-hybridized carbons (Fsp3) is 0.250. The quantitative estimate of drug-likeness (QED) is 0.644. The topological polar surface area (TPSA) is 110 Å². The molecule has 8 heteroatoms. The normalized spacial score (nSPS) is 11.4. The molecule has 0 unspecified atom stereocenters. The van der Waals surface area contributed by atoms with Gasteiger partial charge in [0.05, 0.1) is 18.0 Å². The van der Waals surface area contributed by atoms with Gasteiger partial charge in [0.2, 0.25) is 10.0 Å². The van der Waals surface area contributed by atoms with Crippen LogP contribution in [0.5, 0.6) is 5.75 Å². The zero-order valence-electron chi connectivity index (χ0n) is 10.7. The summed E-state index contributed by atoms with van der Waals surface area (Å²) in [6.07, 6.45) is 1.56. The number of ether oxygens (including phenoxy) is 1. The van der Waals surface area contributed by atoms with E-state index in [-0.39, 0.29) is 18.9 Å². The van der Waals surface area contributed by atoms with Gasteiger partial charge in [0.15, 0.2) is 0 Å². The first-order valence-corrected chi connectivity index (χ1v) is 7.64. The van der Waals surface area contributed by atoms with Gasteiger partial charge in [-0.1, -0.05) is 6.07 Å². The van der Waals surface area contributed by atoms with Crippen molar-refractivity contribution in [2.45, 2.75) is 6.54 Å². The van der Waals surface area contributed by atoms with E-state index >= 15 is 0 Å². The molecule has 0 radical (unpaired) electrons. The molecule has 0 spiro atoms. The van der Waals surface area contributed by atoms with Crippen molar-refractivity contribution in [3.8, 4) is 5.75 Å². The van der Waals surface area contributed by atoms with Crippen molar-refractivity contribution < 1.29 is 13.2 Å². The average Bonchev–Trinajstić information content (AvgIpc) is 2.89. The SMILES string of the molecule is Nc1cccc(OCCS(=O)(=O)NCc2ccn[nH]2)c1. The molecule has 0 aliphatic heterocycles. The van der Waals surface area contributed by atoms with Crippen LogP contribution < -0.4 is 15.2 Å². The zero-order valence-corrected chi connectivity index (χ0v) is 11.6. The van der Waals surface area contributed by atoms with E-state index in [4.69, 9.17) is 10.5 Å². The maximum atomic E-state index is 11.7. The second kappa shape index (κ2) is 6.40. The molecular formula is C12H16N4O3S. The molecule has 2 rings (SSSR count). The summed E-state index contributed by atoms with van der Waals surface area (Å²) < 4.78 is 31.3. The van der Waals surface area contributed by atoms with Crippen molar-refractivity contribution in [1.82, 2.24) is 14.9 Å². The highest BCUT2D eigenvalue weighted by Gasteiger charge is 2.10. The Balaban J connectivity index is 1.77. The highest BCUT2D eigenvalue weighted by atomic mass is 32.2. The number of benzene rings is 1. The Bertz CT molecular complexity index is 640. The lowest BCUT2D eigenvalue weighted by Crippen LogP contribution is -2.28. The monoisotopic (exact) mass is 296 g/mol. The first-order valence-electron chi connectivity index (χ1n) is 5.99. The Labute approximate surface area is 117 Å². The Hall–Kier alpha value is -2.06. The van der Waals surface area contributed by atoms with Crippen LogP contribution in [0.25, 0.3) is 0 Å². The molecule has 0 fully saturated rings. The summed E-state index contributed by atoms with van der Waals surface area (Å²) in [7, 11) is -3.39. The third-order valence-electron chi connectivity index (χ3n) is 2.52. The summed E-state index contributed by atoms with van der Waals surface area (Å²) in [4.78, 5) is 0. The average molecular weight is 296 g/mol. The fourth-order valence-corrected chi connectivity index (χ4v) is 2.34. The third-order valence-corrected chi connectivity index (χ3v) is 3.81. The van der Waals surface area contributed by atoms with Crippen molar-refractivity contribution in [2.75, 3.05) is 18.1 Å². The van der Waals surface area contributed by atoms with Gasteiger partial charge in [-0.2, -0.15) is 5.10 Å². The number of nitrogens with zero attached hydrogens (tertiary/aromatic N) is 1. The van der Waals surface area contributed by atoms with E-state index in [0.29, 0.717) is 17.1 Å². The summed E-state index contributed by atoms with van der Waals surface area (Å²) in [6, 6.07) is 8.54. The molecule has 2 aromatic rings. The highest BCUT2D eigenvalue weighted by Crippen LogP contribution is 2.14. The predicted octanol–water partition coefficient (Wildman–Crippen LogP) is 0.490. The summed E-state index contributed by atoms with van der Waals surface area (Å²) in [5.74, 6) is 0.421. The maximum absolute atomic E-state index is 11.7. The smallest absolute Gasteiger partial charge is 0.215 e. The van der Waals surface area contributed by atoms with Crippen LogP contribution >= 0.6 is 0 Å². The van der Waals surface area contributed by atoms with Gasteiger partial charge in [-0.25, -0.2) is 13.1 Å². The molecule has 0 atom stereocenters. The first kappa shape index (κ1) is 14.4. The van der Waals surface area contributed by atoms with E-state index in [2.05, 4.69) is 14.9 Å². The number of aromatic nitrogens is 2. The minimum absolute atomic E-state index is 0.0573. The number of aromatic amines is 1. The lowest BCUT2D eigenvalue weighted by Gasteiger charge is -2.08. The van der Waals surface area contributed by atoms with Crippen molar-refractivity contribution in [2.24, 2.45) is 0 Å². The molecule has 0 bridgehead atoms. The molecule has 0 saturated heterocycles. The van der Waals surface area contributed by atoms with Crippen molar-refractivity contribution in [3.63, 3.8) is 0 Å². The highest BCUT2D eigenvalue weighted by molar-refractivity contribution is 7.89. The Morgan fingerprint density at radius 2 is 2.20 bits per heavy atom. The first-order chi connectivity index (χ1) is 9.55. The molecule has 1 aromatic heterocycles. The van der Waals surface area contributed by atoms with Gasteiger partial charge in [0, 0.05) is 18.0 Å². The lowest BCUT2D eigenvalue weighted by atomic mass is 10.3. The molecule has 108 valence electrons. The number of H-pyrrole nitrogens is 1. The van der Waals surface area contributed by atoms with Gasteiger partial charge in [0.1, 0.15) is 12.4 Å². The predicted molar refractivity (Wildman–Crippen MR) is 75.6 cm³/mol. The van der Waals surface area contributed by atoms with Crippen molar-refractivity contribution in [3.05, 3.63) is 42.2 Å². The van der Waals surface area contributed by atoms with Gasteiger partial charge in [0.25, 0.3) is 0 Å². The Kier molecular flexibility index (Phi) is 4.59. The van der Waals surface area contributed by atoms with E-state index in [1.165, 1.54) is 0 Å². The fourth-order valence-electron chi connectivity index (χ4n) is 1.52. The zero-order chi connectivity index (χ0) is 14.4. The van der Waals surface area contributed by atoms with E-state index < -0.39 is 10.0 Å². The second-order valence-electron chi connectivity index (χ2n) is 4.14. The van der Waals surface area contributed by atoms with E-state index in [1.807, 2.05) is 0 Å². The molecule has 0 aliphatic rings. The number of nitrogens with two attached hydrogens (primary N) is 1. The van der Waals surface area contributed by atoms with E-state index in [1.54, 1.807) is 36.5 Å². The molecule has 20 heavy (non-hydrogen) atoms. The molecule has 0 amide bonds. The Morgan fingerprint density at radius 1 is 1.35 bits per heavy atom. The molecule has 1 heterocycles. The summed E-state index contributed by atoms with van der Waals surface area (Å²) >= 11 is 0.